The fraction of sp³-hybridized carbons (Fsp3) is 0.208. The molecule has 0 spiro atoms. The third-order valence-electron chi connectivity index (χ3n) is 5.33. The van der Waals surface area contributed by atoms with E-state index in [2.05, 4.69) is 4.99 Å². The number of carbonyl (C=O) groups excluding carboxylic acids is 1. The van der Waals surface area contributed by atoms with Gasteiger partial charge in [0.25, 0.3) is 5.56 Å². The molecular weight excluding hydrogens is 446 g/mol. The first-order chi connectivity index (χ1) is 15.3. The Balaban J connectivity index is 1.93. The van der Waals surface area contributed by atoms with Crippen LogP contribution in [0, 0.1) is 0 Å². The molecule has 4 rings (SSSR count). The van der Waals surface area contributed by atoms with Crippen molar-refractivity contribution in [3.05, 3.63) is 95.6 Å². The van der Waals surface area contributed by atoms with Crippen LogP contribution in [0.4, 0.5) is 5.69 Å². The summed E-state index contributed by atoms with van der Waals surface area (Å²) in [5.74, 6) is -0.537. The van der Waals surface area contributed by atoms with Gasteiger partial charge in [-0.25, -0.2) is 9.79 Å². The fourth-order valence-corrected chi connectivity index (χ4v) is 4.99. The van der Waals surface area contributed by atoms with E-state index in [9.17, 15) is 9.59 Å². The lowest BCUT2D eigenvalue weighted by molar-refractivity contribution is -0.136. The monoisotopic (exact) mass is 467 g/mol. The van der Waals surface area contributed by atoms with Crippen LogP contribution in [0.1, 0.15) is 24.1 Å². The van der Waals surface area contributed by atoms with E-state index in [1.807, 2.05) is 61.5 Å². The number of allylic oxidation sites excluding steroid dienone is 1. The second-order valence-corrected chi connectivity index (χ2v) is 9.00. The first kappa shape index (κ1) is 22.0. The van der Waals surface area contributed by atoms with E-state index in [4.69, 9.17) is 16.3 Å². The van der Waals surface area contributed by atoms with Gasteiger partial charge < -0.3 is 9.64 Å². The number of fused-ring (bicyclic) bond motifs is 1. The number of carbonyl (C=O) groups is 1. The second-order valence-electron chi connectivity index (χ2n) is 7.58. The Morgan fingerprint density at radius 3 is 2.50 bits per heavy atom. The third-order valence-corrected chi connectivity index (χ3v) is 6.66. The highest BCUT2D eigenvalue weighted by atomic mass is 35.5. The van der Waals surface area contributed by atoms with E-state index >= 15 is 0 Å². The van der Waals surface area contributed by atoms with Gasteiger partial charge in [-0.3, -0.25) is 9.36 Å². The smallest absolute Gasteiger partial charge is 0.338 e. The number of benzene rings is 2. The van der Waals surface area contributed by atoms with Crippen molar-refractivity contribution in [1.29, 1.82) is 0 Å². The molecule has 6 nitrogen and oxygen atoms in total. The van der Waals surface area contributed by atoms with Crippen LogP contribution in [0.5, 0.6) is 0 Å². The summed E-state index contributed by atoms with van der Waals surface area (Å²) >= 11 is 7.77. The topological polar surface area (TPSA) is 63.9 Å². The Kier molecular flexibility index (Phi) is 6.04. The molecule has 32 heavy (non-hydrogen) atoms. The summed E-state index contributed by atoms with van der Waals surface area (Å²) in [7, 11) is 5.26. The lowest BCUT2D eigenvalue weighted by Crippen LogP contribution is -2.39. The summed E-state index contributed by atoms with van der Waals surface area (Å²) in [4.78, 5) is 33.3. The molecule has 8 heteroatoms. The molecule has 0 amide bonds. The number of ether oxygens (including phenoxy) is 1. The molecule has 0 N–H and O–H groups in total. The van der Waals surface area contributed by atoms with Crippen LogP contribution in [0.15, 0.2) is 69.6 Å². The highest BCUT2D eigenvalue weighted by Crippen LogP contribution is 2.34. The Morgan fingerprint density at radius 2 is 1.88 bits per heavy atom. The molecule has 0 unspecified atom stereocenters. The molecule has 1 atom stereocenters. The molecule has 0 bridgehead atoms. The fourth-order valence-electron chi connectivity index (χ4n) is 3.70. The second kappa shape index (κ2) is 8.76. The minimum Gasteiger partial charge on any atom is -0.466 e. The lowest BCUT2D eigenvalue weighted by atomic mass is 9.96. The highest BCUT2D eigenvalue weighted by Gasteiger charge is 2.34. The Hall–Kier alpha value is -3.16. The number of rotatable bonds is 4. The minimum atomic E-state index is -0.717. The maximum absolute atomic E-state index is 13.5. The Morgan fingerprint density at radius 1 is 1.19 bits per heavy atom. The van der Waals surface area contributed by atoms with Crippen molar-refractivity contribution >= 4 is 40.7 Å². The molecule has 0 fully saturated rings. The number of hydrogen-bond donors (Lipinski definition) is 0. The predicted molar refractivity (Wildman–Crippen MR) is 128 cm³/mol. The van der Waals surface area contributed by atoms with Crippen molar-refractivity contribution < 1.29 is 9.53 Å². The Labute approximate surface area is 194 Å². The molecule has 0 aliphatic carbocycles. The van der Waals surface area contributed by atoms with Crippen LogP contribution in [0.3, 0.4) is 0 Å². The summed E-state index contributed by atoms with van der Waals surface area (Å²) in [6.45, 7) is 1.74. The van der Waals surface area contributed by atoms with Gasteiger partial charge in [0.1, 0.15) is 6.04 Å². The molecule has 1 aliphatic heterocycles. The standard InChI is InChI=1S/C24H22ClN3O3S/c1-14-20(23(30)31-4)21(17-7-5-6-8-18(17)25)28-22(29)19(32-24(28)26-14)13-15-9-11-16(12-10-15)27(2)3/h5-13,21H,1-4H3/b19-13-/t21-/m1/s1. The summed E-state index contributed by atoms with van der Waals surface area (Å²) in [6, 6.07) is 14.4. The lowest BCUT2D eigenvalue weighted by Gasteiger charge is -2.25. The van der Waals surface area contributed by atoms with Crippen LogP contribution in [-0.4, -0.2) is 31.7 Å². The summed E-state index contributed by atoms with van der Waals surface area (Å²) in [5.41, 5.74) is 3.19. The zero-order valence-corrected chi connectivity index (χ0v) is 19.7. The van der Waals surface area contributed by atoms with Crippen molar-refractivity contribution in [3.8, 4) is 0 Å². The number of hydrogen-bond acceptors (Lipinski definition) is 6. The van der Waals surface area contributed by atoms with Crippen LogP contribution in [0.2, 0.25) is 5.02 Å². The van der Waals surface area contributed by atoms with Gasteiger partial charge in [-0.2, -0.15) is 0 Å². The Bertz CT molecular complexity index is 1400. The molecule has 0 saturated carbocycles. The number of methoxy groups -OCH3 is 1. The van der Waals surface area contributed by atoms with Crippen molar-refractivity contribution in [2.24, 2.45) is 4.99 Å². The van der Waals surface area contributed by atoms with Gasteiger partial charge in [0, 0.05) is 24.8 Å². The largest absolute Gasteiger partial charge is 0.466 e. The third kappa shape index (κ3) is 3.89. The van der Waals surface area contributed by atoms with Crippen molar-refractivity contribution in [2.45, 2.75) is 13.0 Å². The van der Waals surface area contributed by atoms with Gasteiger partial charge in [-0.05, 0) is 42.3 Å². The predicted octanol–water partition coefficient (Wildman–Crippen LogP) is 3.13. The average Bonchev–Trinajstić information content (AvgIpc) is 3.07. The number of esters is 1. The quantitative estimate of drug-likeness (QED) is 0.553. The zero-order valence-electron chi connectivity index (χ0n) is 18.1. The molecule has 1 aromatic heterocycles. The molecular formula is C24H22ClN3O3S. The van der Waals surface area contributed by atoms with Gasteiger partial charge in [-0.1, -0.05) is 53.3 Å². The van der Waals surface area contributed by atoms with Gasteiger partial charge in [0.15, 0.2) is 4.80 Å². The average molecular weight is 468 g/mol. The van der Waals surface area contributed by atoms with E-state index in [0.717, 1.165) is 11.3 Å². The molecule has 3 aromatic rings. The van der Waals surface area contributed by atoms with Gasteiger partial charge in [0.05, 0.1) is 22.9 Å². The molecule has 164 valence electrons. The van der Waals surface area contributed by atoms with Gasteiger partial charge in [0.2, 0.25) is 0 Å². The SMILES string of the molecule is COC(=O)C1=C(C)N=c2s/c(=C\c3ccc(N(C)C)cc3)c(=O)n2[C@@H]1c1ccccc1Cl. The van der Waals surface area contributed by atoms with Crippen LogP contribution in [0.25, 0.3) is 6.08 Å². The highest BCUT2D eigenvalue weighted by molar-refractivity contribution is 7.07. The molecule has 1 aliphatic rings. The van der Waals surface area contributed by atoms with Crippen LogP contribution >= 0.6 is 22.9 Å². The normalized spacial score (nSPS) is 15.9. The molecule has 0 radical (unpaired) electrons. The first-order valence-electron chi connectivity index (χ1n) is 9.94. The number of thiazole rings is 1. The van der Waals surface area contributed by atoms with Crippen molar-refractivity contribution in [2.75, 3.05) is 26.1 Å². The summed E-state index contributed by atoms with van der Waals surface area (Å²) in [5, 5.41) is 0.461. The van der Waals surface area contributed by atoms with Crippen molar-refractivity contribution in [3.63, 3.8) is 0 Å². The summed E-state index contributed by atoms with van der Waals surface area (Å²) in [6.07, 6.45) is 1.84. The maximum atomic E-state index is 13.5. The van der Waals surface area contributed by atoms with Crippen LogP contribution < -0.4 is 19.8 Å². The van der Waals surface area contributed by atoms with E-state index in [1.165, 1.54) is 23.0 Å². The maximum Gasteiger partial charge on any atom is 0.338 e. The van der Waals surface area contributed by atoms with Crippen LogP contribution in [-0.2, 0) is 9.53 Å². The van der Waals surface area contributed by atoms with E-state index < -0.39 is 12.0 Å². The number of anilines is 1. The van der Waals surface area contributed by atoms with Gasteiger partial charge in [-0.15, -0.1) is 0 Å². The van der Waals surface area contributed by atoms with Gasteiger partial charge >= 0.3 is 5.97 Å². The molecule has 2 aromatic carbocycles. The minimum absolute atomic E-state index is 0.232. The zero-order chi connectivity index (χ0) is 23.0. The van der Waals surface area contributed by atoms with E-state index in [0.29, 0.717) is 31.2 Å². The number of aromatic nitrogens is 1. The number of nitrogens with zero attached hydrogens (tertiary/aromatic N) is 3. The first-order valence-corrected chi connectivity index (χ1v) is 11.1. The molecule has 2 heterocycles. The number of halogens is 1. The van der Waals surface area contributed by atoms with E-state index in [1.54, 1.807) is 19.1 Å². The molecule has 0 saturated heterocycles. The van der Waals surface area contributed by atoms with E-state index in [-0.39, 0.29) is 5.56 Å². The summed E-state index contributed by atoms with van der Waals surface area (Å²) < 4.78 is 7.07. The van der Waals surface area contributed by atoms with Crippen molar-refractivity contribution in [1.82, 2.24) is 4.57 Å².